The molecule has 0 bridgehead atoms. The van der Waals surface area contributed by atoms with Gasteiger partial charge >= 0.3 is 0 Å². The van der Waals surface area contributed by atoms with E-state index in [0.717, 1.165) is 0 Å². The van der Waals surface area contributed by atoms with Crippen molar-refractivity contribution in [2.24, 2.45) is 11.3 Å². The highest BCUT2D eigenvalue weighted by Gasteiger charge is 2.52. The molecule has 3 atom stereocenters. The summed E-state index contributed by atoms with van der Waals surface area (Å²) >= 11 is 0. The summed E-state index contributed by atoms with van der Waals surface area (Å²) in [6.45, 7) is 3.62. The molecule has 1 aromatic rings. The van der Waals surface area contributed by atoms with E-state index in [1.165, 1.54) is 6.08 Å². The first-order chi connectivity index (χ1) is 8.93. The van der Waals surface area contributed by atoms with E-state index in [-0.39, 0.29) is 11.5 Å². The third-order valence-electron chi connectivity index (χ3n) is 4.10. The summed E-state index contributed by atoms with van der Waals surface area (Å²) in [5.41, 5.74) is -0.207. The molecule has 4 heteroatoms. The van der Waals surface area contributed by atoms with Gasteiger partial charge in [0.25, 0.3) is 0 Å². The lowest BCUT2D eigenvalue weighted by Gasteiger charge is -2.45. The number of carbonyl (C=O) groups excluding carboxylic acids is 1. The predicted molar refractivity (Wildman–Crippen MR) is 69.2 cm³/mol. The number of carbonyl (C=O) groups is 1. The van der Waals surface area contributed by atoms with Crippen molar-refractivity contribution in [3.05, 3.63) is 41.7 Å². The summed E-state index contributed by atoms with van der Waals surface area (Å²) in [4.78, 5) is 12.5. The molecule has 0 amide bonds. The number of Topliss-reactive ketones (excluding diaryl/α,β-unsaturated/α-hetero) is 1. The molecule has 1 heterocycles. The van der Waals surface area contributed by atoms with Crippen molar-refractivity contribution >= 4 is 5.78 Å². The van der Waals surface area contributed by atoms with Crippen LogP contribution >= 0.6 is 0 Å². The van der Waals surface area contributed by atoms with Gasteiger partial charge in [0.15, 0.2) is 5.78 Å². The predicted octanol–water partition coefficient (Wildman–Crippen LogP) is 2.09. The highest BCUT2D eigenvalue weighted by molar-refractivity contribution is 6.02. The number of ether oxygens (including phenoxy) is 1. The molecule has 1 aliphatic heterocycles. The normalized spacial score (nSPS) is 31.8. The van der Waals surface area contributed by atoms with Crippen LogP contribution in [0.3, 0.4) is 0 Å². The van der Waals surface area contributed by atoms with E-state index in [1.807, 2.05) is 13.8 Å². The van der Waals surface area contributed by atoms with Crippen LogP contribution in [0.15, 0.2) is 36.1 Å². The first-order valence-electron chi connectivity index (χ1n) is 6.32. The number of hydrogen-bond acceptors (Lipinski definition) is 4. The Morgan fingerprint density at radius 2 is 1.95 bits per heavy atom. The molecule has 2 N–H and O–H groups in total. The zero-order valence-corrected chi connectivity index (χ0v) is 10.8. The Labute approximate surface area is 111 Å². The van der Waals surface area contributed by atoms with E-state index in [2.05, 4.69) is 0 Å². The fourth-order valence-electron chi connectivity index (χ4n) is 2.86. The second-order valence-corrected chi connectivity index (χ2v) is 5.69. The molecule has 4 nitrogen and oxygen atoms in total. The van der Waals surface area contributed by atoms with Crippen molar-refractivity contribution in [2.45, 2.75) is 26.1 Å². The average Bonchev–Trinajstić information content (AvgIpc) is 2.36. The van der Waals surface area contributed by atoms with Crippen molar-refractivity contribution in [1.82, 2.24) is 0 Å². The summed E-state index contributed by atoms with van der Waals surface area (Å²) < 4.78 is 5.88. The van der Waals surface area contributed by atoms with Gasteiger partial charge in [-0.1, -0.05) is 12.1 Å². The Kier molecular flexibility index (Phi) is 2.47. The number of hydrogen-bond donors (Lipinski definition) is 2. The minimum atomic E-state index is -1.01. The standard InChI is InChI=1S/C15H16O4/c1-15(2)11(17)7-9(16)12-13(18)8-5-3-4-6-10(8)19-14(12)15/h3-7,9,12,14,16-17H,1-2H3. The molecule has 19 heavy (non-hydrogen) atoms. The molecule has 100 valence electrons. The quantitative estimate of drug-likeness (QED) is 0.749. The number of rotatable bonds is 0. The lowest BCUT2D eigenvalue weighted by molar-refractivity contribution is -0.0342. The van der Waals surface area contributed by atoms with Gasteiger partial charge in [-0.05, 0) is 32.1 Å². The number of benzene rings is 1. The average molecular weight is 260 g/mol. The highest BCUT2D eigenvalue weighted by Crippen LogP contribution is 2.45. The van der Waals surface area contributed by atoms with Crippen LogP contribution in [-0.2, 0) is 0 Å². The minimum Gasteiger partial charge on any atom is -0.512 e. The third-order valence-corrected chi connectivity index (χ3v) is 4.10. The van der Waals surface area contributed by atoms with Crippen molar-refractivity contribution in [3.63, 3.8) is 0 Å². The molecule has 0 spiro atoms. The molecule has 2 aliphatic rings. The van der Waals surface area contributed by atoms with Crippen molar-refractivity contribution < 1.29 is 19.7 Å². The fraction of sp³-hybridized carbons (Fsp3) is 0.400. The summed E-state index contributed by atoms with van der Waals surface area (Å²) in [5, 5.41) is 20.1. The molecule has 0 saturated heterocycles. The van der Waals surface area contributed by atoms with Gasteiger partial charge in [-0.25, -0.2) is 0 Å². The maximum absolute atomic E-state index is 12.5. The van der Waals surface area contributed by atoms with Gasteiger partial charge in [0, 0.05) is 0 Å². The fourth-order valence-corrected chi connectivity index (χ4v) is 2.86. The van der Waals surface area contributed by atoms with Gasteiger partial charge in [0.05, 0.1) is 23.0 Å². The highest BCUT2D eigenvalue weighted by atomic mass is 16.5. The molecule has 0 saturated carbocycles. The lowest BCUT2D eigenvalue weighted by atomic mass is 9.68. The molecule has 0 fully saturated rings. The Balaban J connectivity index is 2.14. The minimum absolute atomic E-state index is 0.0634. The van der Waals surface area contributed by atoms with Crippen LogP contribution in [0.4, 0.5) is 0 Å². The van der Waals surface area contributed by atoms with Crippen LogP contribution in [0.1, 0.15) is 24.2 Å². The Bertz CT molecular complexity index is 573. The SMILES string of the molecule is CC1(C)C(O)=CC(O)C2C(=O)c3ccccc3OC21. The van der Waals surface area contributed by atoms with E-state index >= 15 is 0 Å². The van der Waals surface area contributed by atoms with E-state index in [9.17, 15) is 15.0 Å². The largest absolute Gasteiger partial charge is 0.512 e. The molecular formula is C15H16O4. The first-order valence-corrected chi connectivity index (χ1v) is 6.32. The van der Waals surface area contributed by atoms with Crippen LogP contribution in [0.5, 0.6) is 5.75 Å². The van der Waals surface area contributed by atoms with Crippen LogP contribution < -0.4 is 4.74 Å². The Hall–Kier alpha value is -1.81. The summed E-state index contributed by atoms with van der Waals surface area (Å²) in [7, 11) is 0. The molecule has 0 aromatic heterocycles. The zero-order chi connectivity index (χ0) is 13.8. The number of aliphatic hydroxyl groups excluding tert-OH is 2. The van der Waals surface area contributed by atoms with Crippen molar-refractivity contribution in [2.75, 3.05) is 0 Å². The van der Waals surface area contributed by atoms with Gasteiger partial charge < -0.3 is 14.9 Å². The van der Waals surface area contributed by atoms with Crippen molar-refractivity contribution in [1.29, 1.82) is 0 Å². The van der Waals surface area contributed by atoms with Gasteiger partial charge in [0.1, 0.15) is 17.6 Å². The molecule has 3 rings (SSSR count). The number of fused-ring (bicyclic) bond motifs is 2. The van der Waals surface area contributed by atoms with Crippen LogP contribution in [0, 0.1) is 11.3 Å². The van der Waals surface area contributed by atoms with Crippen molar-refractivity contribution in [3.8, 4) is 5.75 Å². The van der Waals surface area contributed by atoms with Crippen LogP contribution in [0.25, 0.3) is 0 Å². The maximum atomic E-state index is 12.5. The van der Waals surface area contributed by atoms with Gasteiger partial charge in [-0.2, -0.15) is 0 Å². The van der Waals surface area contributed by atoms with E-state index in [0.29, 0.717) is 11.3 Å². The zero-order valence-electron chi connectivity index (χ0n) is 10.8. The summed E-state index contributed by atoms with van der Waals surface area (Å²) in [5.74, 6) is -0.214. The Morgan fingerprint density at radius 1 is 1.26 bits per heavy atom. The molecule has 1 aromatic carbocycles. The topological polar surface area (TPSA) is 66.8 Å². The monoisotopic (exact) mass is 260 g/mol. The number of para-hydroxylation sites is 1. The lowest BCUT2D eigenvalue weighted by Crippen LogP contribution is -2.54. The maximum Gasteiger partial charge on any atom is 0.176 e. The summed E-state index contributed by atoms with van der Waals surface area (Å²) in [6.07, 6.45) is -0.232. The van der Waals surface area contributed by atoms with Gasteiger partial charge in [0.2, 0.25) is 0 Å². The Morgan fingerprint density at radius 3 is 2.68 bits per heavy atom. The van der Waals surface area contributed by atoms with Gasteiger partial charge in [-0.3, -0.25) is 4.79 Å². The second-order valence-electron chi connectivity index (χ2n) is 5.69. The summed E-state index contributed by atoms with van der Waals surface area (Å²) in [6, 6.07) is 7.01. The molecule has 1 aliphatic carbocycles. The molecule has 3 unspecified atom stereocenters. The van der Waals surface area contributed by atoms with E-state index in [4.69, 9.17) is 4.74 Å². The second kappa shape index (κ2) is 3.84. The molecular weight excluding hydrogens is 244 g/mol. The van der Waals surface area contributed by atoms with Crippen LogP contribution in [0.2, 0.25) is 0 Å². The third kappa shape index (κ3) is 1.60. The first kappa shape index (κ1) is 12.2. The van der Waals surface area contributed by atoms with Crippen LogP contribution in [-0.4, -0.2) is 28.2 Å². The smallest absolute Gasteiger partial charge is 0.176 e. The molecule has 0 radical (unpaired) electrons. The number of ketones is 1. The number of aliphatic hydroxyl groups is 2. The van der Waals surface area contributed by atoms with E-state index in [1.54, 1.807) is 24.3 Å². The van der Waals surface area contributed by atoms with E-state index < -0.39 is 23.5 Å². The van der Waals surface area contributed by atoms with Gasteiger partial charge in [-0.15, -0.1) is 0 Å².